The average Bonchev–Trinajstić information content (AvgIpc) is 2.80. The summed E-state index contributed by atoms with van der Waals surface area (Å²) >= 11 is 1.96. The second-order valence-electron chi connectivity index (χ2n) is 6.34. The van der Waals surface area contributed by atoms with E-state index in [2.05, 4.69) is 19.2 Å². The van der Waals surface area contributed by atoms with E-state index in [4.69, 9.17) is 0 Å². The van der Waals surface area contributed by atoms with Gasteiger partial charge in [0.05, 0.1) is 0 Å². The molecule has 0 bridgehead atoms. The highest BCUT2D eigenvalue weighted by atomic mass is 32.2. The summed E-state index contributed by atoms with van der Waals surface area (Å²) in [6, 6.07) is -0.343. The minimum atomic E-state index is -0.343. The number of carbonyl (C=O) groups excluding carboxylic acids is 2. The van der Waals surface area contributed by atoms with E-state index in [-0.39, 0.29) is 28.5 Å². The smallest absolute Gasteiger partial charge is 0.245 e. The normalized spacial score (nSPS) is 33.0. The first-order valence-electron chi connectivity index (χ1n) is 7.67. The van der Waals surface area contributed by atoms with Gasteiger partial charge in [-0.25, -0.2) is 0 Å². The van der Waals surface area contributed by atoms with Crippen molar-refractivity contribution in [2.45, 2.75) is 57.2 Å². The van der Waals surface area contributed by atoms with Gasteiger partial charge in [-0.1, -0.05) is 20.3 Å². The van der Waals surface area contributed by atoms with Gasteiger partial charge in [-0.3, -0.25) is 9.59 Å². The molecule has 2 rings (SSSR count). The number of amides is 2. The lowest BCUT2D eigenvalue weighted by Gasteiger charge is -2.33. The highest BCUT2D eigenvalue weighted by Gasteiger charge is 2.38. The number of rotatable bonds is 4. The predicted molar refractivity (Wildman–Crippen MR) is 82.7 cm³/mol. The fourth-order valence-corrected chi connectivity index (χ4v) is 4.31. The molecule has 0 saturated carbocycles. The maximum absolute atomic E-state index is 12.7. The standard InChI is InChI=1S/C15H26N2O2S/c1-4-11(2)13-14(19)17(8-6-12(18)16-13)10-15(3)7-5-9-20-15/h11,13H,4-10H2,1-3H3,(H,16,18). The molecule has 0 spiro atoms. The van der Waals surface area contributed by atoms with E-state index in [0.29, 0.717) is 13.0 Å². The number of nitrogens with one attached hydrogen (secondary N) is 1. The summed E-state index contributed by atoms with van der Waals surface area (Å²) in [6.07, 6.45) is 3.72. The molecule has 5 heteroatoms. The molecular weight excluding hydrogens is 272 g/mol. The van der Waals surface area contributed by atoms with E-state index < -0.39 is 0 Å². The summed E-state index contributed by atoms with van der Waals surface area (Å²) in [4.78, 5) is 26.5. The molecule has 0 aromatic rings. The molecule has 4 nitrogen and oxygen atoms in total. The molecule has 2 saturated heterocycles. The molecule has 2 aliphatic heterocycles. The number of carbonyl (C=O) groups is 2. The van der Waals surface area contributed by atoms with Crippen molar-refractivity contribution >= 4 is 23.6 Å². The fourth-order valence-electron chi connectivity index (χ4n) is 2.99. The zero-order chi connectivity index (χ0) is 14.8. The number of hydrogen-bond acceptors (Lipinski definition) is 3. The lowest BCUT2D eigenvalue weighted by atomic mass is 9.97. The number of hydrogen-bond donors (Lipinski definition) is 1. The van der Waals surface area contributed by atoms with Crippen LogP contribution in [0, 0.1) is 5.92 Å². The van der Waals surface area contributed by atoms with Crippen LogP contribution in [0.25, 0.3) is 0 Å². The number of nitrogens with zero attached hydrogens (tertiary/aromatic N) is 1. The number of thioether (sulfide) groups is 1. The summed E-state index contributed by atoms with van der Waals surface area (Å²) in [5, 5.41) is 2.91. The Morgan fingerprint density at radius 3 is 2.85 bits per heavy atom. The van der Waals surface area contributed by atoms with Crippen LogP contribution < -0.4 is 5.32 Å². The third-order valence-corrected chi connectivity index (χ3v) is 6.06. The molecule has 0 aromatic carbocycles. The quantitative estimate of drug-likeness (QED) is 0.864. The monoisotopic (exact) mass is 298 g/mol. The first-order valence-corrected chi connectivity index (χ1v) is 8.66. The lowest BCUT2D eigenvalue weighted by Crippen LogP contribution is -2.50. The first-order chi connectivity index (χ1) is 9.45. The third-order valence-electron chi connectivity index (χ3n) is 4.54. The van der Waals surface area contributed by atoms with Crippen LogP contribution in [-0.4, -0.2) is 46.3 Å². The van der Waals surface area contributed by atoms with Gasteiger partial charge in [-0.2, -0.15) is 11.8 Å². The van der Waals surface area contributed by atoms with Crippen molar-refractivity contribution in [3.8, 4) is 0 Å². The second kappa shape index (κ2) is 6.37. The minimum absolute atomic E-state index is 0.00961. The topological polar surface area (TPSA) is 49.4 Å². The summed E-state index contributed by atoms with van der Waals surface area (Å²) in [7, 11) is 0. The van der Waals surface area contributed by atoms with Crippen LogP contribution in [0.1, 0.15) is 46.5 Å². The van der Waals surface area contributed by atoms with Crippen LogP contribution in [0.2, 0.25) is 0 Å². The Morgan fingerprint density at radius 2 is 2.25 bits per heavy atom. The van der Waals surface area contributed by atoms with E-state index >= 15 is 0 Å². The van der Waals surface area contributed by atoms with E-state index in [0.717, 1.165) is 19.4 Å². The molecule has 2 aliphatic rings. The summed E-state index contributed by atoms with van der Waals surface area (Å²) in [5.74, 6) is 1.50. The molecule has 3 unspecified atom stereocenters. The molecule has 0 aliphatic carbocycles. The van der Waals surface area contributed by atoms with E-state index in [1.807, 2.05) is 23.6 Å². The Kier molecular flexibility index (Phi) is 4.99. The Bertz CT molecular complexity index is 380. The zero-order valence-corrected chi connectivity index (χ0v) is 13.6. The molecule has 0 radical (unpaired) electrons. The molecule has 1 N–H and O–H groups in total. The largest absolute Gasteiger partial charge is 0.344 e. The maximum Gasteiger partial charge on any atom is 0.245 e. The van der Waals surface area contributed by atoms with Crippen molar-refractivity contribution in [3.05, 3.63) is 0 Å². The summed E-state index contributed by atoms with van der Waals surface area (Å²) in [6.45, 7) is 7.69. The Balaban J connectivity index is 2.10. The van der Waals surface area contributed by atoms with Gasteiger partial charge in [0.1, 0.15) is 6.04 Å². The molecule has 2 amide bonds. The first kappa shape index (κ1) is 15.7. The van der Waals surface area contributed by atoms with Crippen molar-refractivity contribution in [3.63, 3.8) is 0 Å². The SMILES string of the molecule is CCC(C)C1NC(=O)CCN(CC2(C)CCCS2)C1=O. The van der Waals surface area contributed by atoms with Gasteiger partial charge in [-0.15, -0.1) is 0 Å². The van der Waals surface area contributed by atoms with Crippen molar-refractivity contribution in [1.29, 1.82) is 0 Å². The van der Waals surface area contributed by atoms with Crippen molar-refractivity contribution in [2.75, 3.05) is 18.8 Å². The van der Waals surface area contributed by atoms with Crippen LogP contribution in [0.3, 0.4) is 0 Å². The van der Waals surface area contributed by atoms with Gasteiger partial charge < -0.3 is 10.2 Å². The maximum atomic E-state index is 12.7. The van der Waals surface area contributed by atoms with Crippen LogP contribution >= 0.6 is 11.8 Å². The molecule has 2 fully saturated rings. The van der Waals surface area contributed by atoms with Crippen molar-refractivity contribution in [2.24, 2.45) is 5.92 Å². The van der Waals surface area contributed by atoms with Crippen LogP contribution in [0.15, 0.2) is 0 Å². The van der Waals surface area contributed by atoms with Gasteiger partial charge in [0.25, 0.3) is 0 Å². The van der Waals surface area contributed by atoms with Gasteiger partial charge >= 0.3 is 0 Å². The van der Waals surface area contributed by atoms with Gasteiger partial charge in [0.15, 0.2) is 0 Å². The molecule has 0 aromatic heterocycles. The van der Waals surface area contributed by atoms with E-state index in [1.54, 1.807) is 0 Å². The molecule has 2 heterocycles. The van der Waals surface area contributed by atoms with Crippen LogP contribution in [0.4, 0.5) is 0 Å². The highest BCUT2D eigenvalue weighted by Crippen LogP contribution is 2.38. The van der Waals surface area contributed by atoms with Gasteiger partial charge in [-0.05, 0) is 31.4 Å². The van der Waals surface area contributed by atoms with Crippen LogP contribution in [-0.2, 0) is 9.59 Å². The molecule has 20 heavy (non-hydrogen) atoms. The zero-order valence-electron chi connectivity index (χ0n) is 12.8. The minimum Gasteiger partial charge on any atom is -0.344 e. The Morgan fingerprint density at radius 1 is 1.50 bits per heavy atom. The molecule has 3 atom stereocenters. The average molecular weight is 298 g/mol. The van der Waals surface area contributed by atoms with Gasteiger partial charge in [0, 0.05) is 24.3 Å². The fraction of sp³-hybridized carbons (Fsp3) is 0.867. The van der Waals surface area contributed by atoms with E-state index in [1.165, 1.54) is 12.2 Å². The summed E-state index contributed by atoms with van der Waals surface area (Å²) < 4.78 is 0.170. The highest BCUT2D eigenvalue weighted by molar-refractivity contribution is 8.00. The Labute approximate surface area is 126 Å². The lowest BCUT2D eigenvalue weighted by molar-refractivity contribution is -0.135. The molecular formula is C15H26N2O2S. The van der Waals surface area contributed by atoms with E-state index in [9.17, 15) is 9.59 Å². The van der Waals surface area contributed by atoms with Crippen LogP contribution in [0.5, 0.6) is 0 Å². The molecule has 114 valence electrons. The third kappa shape index (κ3) is 3.48. The predicted octanol–water partition coefficient (Wildman–Crippen LogP) is 2.04. The Hall–Kier alpha value is -0.710. The second-order valence-corrected chi connectivity index (χ2v) is 8.02. The van der Waals surface area contributed by atoms with Gasteiger partial charge in [0.2, 0.25) is 11.8 Å². The van der Waals surface area contributed by atoms with Crippen molar-refractivity contribution in [1.82, 2.24) is 10.2 Å². The summed E-state index contributed by atoms with van der Waals surface area (Å²) in [5.41, 5.74) is 0. The van der Waals surface area contributed by atoms with Crippen molar-refractivity contribution < 1.29 is 9.59 Å².